The van der Waals surface area contributed by atoms with E-state index in [0.717, 1.165) is 44.2 Å². The molecule has 2 saturated carbocycles. The lowest BCUT2D eigenvalue weighted by atomic mass is 10.0. The Hall–Kier alpha value is -3.39. The summed E-state index contributed by atoms with van der Waals surface area (Å²) in [7, 11) is 0. The van der Waals surface area contributed by atoms with Crippen LogP contribution in [0.25, 0.3) is 11.3 Å². The lowest BCUT2D eigenvalue weighted by molar-refractivity contribution is 0.102. The van der Waals surface area contributed by atoms with Gasteiger partial charge in [-0.15, -0.1) is 0 Å². The largest absolute Gasteiger partial charge is 0.507 e. The fourth-order valence-corrected chi connectivity index (χ4v) is 4.44. The van der Waals surface area contributed by atoms with E-state index in [9.17, 15) is 14.7 Å². The van der Waals surface area contributed by atoms with Crippen LogP contribution >= 0.6 is 11.6 Å². The highest BCUT2D eigenvalue weighted by Gasteiger charge is 2.29. The second-order valence-electron chi connectivity index (χ2n) is 8.60. The first kappa shape index (κ1) is 21.5. The van der Waals surface area contributed by atoms with E-state index in [-0.39, 0.29) is 34.5 Å². The second kappa shape index (κ2) is 8.86. The van der Waals surface area contributed by atoms with E-state index in [1.807, 2.05) is 6.07 Å². The Labute approximate surface area is 196 Å². The number of carbonyl (C=O) groups excluding carboxylic acids is 2. The number of amides is 2. The van der Waals surface area contributed by atoms with Gasteiger partial charge in [0.05, 0.1) is 17.0 Å². The molecule has 0 spiro atoms. The number of benzene rings is 1. The van der Waals surface area contributed by atoms with Crippen molar-refractivity contribution in [3.63, 3.8) is 0 Å². The van der Waals surface area contributed by atoms with E-state index in [1.165, 1.54) is 16.9 Å². The number of halogens is 1. The molecule has 8 nitrogen and oxygen atoms in total. The number of anilines is 1. The number of hydrogen-bond donors (Lipinski definition) is 3. The molecule has 2 heterocycles. The normalized spacial score (nSPS) is 16.0. The summed E-state index contributed by atoms with van der Waals surface area (Å²) in [5.41, 5.74) is 2.49. The van der Waals surface area contributed by atoms with Crippen LogP contribution in [0.5, 0.6) is 5.75 Å². The highest BCUT2D eigenvalue weighted by Crippen LogP contribution is 2.38. The minimum absolute atomic E-state index is 0.0117. The summed E-state index contributed by atoms with van der Waals surface area (Å²) >= 11 is 6.03. The van der Waals surface area contributed by atoms with Crippen molar-refractivity contribution in [2.45, 2.75) is 50.5 Å². The minimum Gasteiger partial charge on any atom is -0.507 e. The van der Waals surface area contributed by atoms with Crippen LogP contribution in [-0.2, 0) is 0 Å². The zero-order valence-electron chi connectivity index (χ0n) is 17.9. The molecule has 5 rings (SSSR count). The quantitative estimate of drug-likeness (QED) is 0.365. The third-order valence-electron chi connectivity index (χ3n) is 6.14. The molecule has 3 aromatic rings. The molecule has 2 fully saturated rings. The van der Waals surface area contributed by atoms with Gasteiger partial charge in [0.2, 0.25) is 0 Å². The van der Waals surface area contributed by atoms with Gasteiger partial charge in [0.25, 0.3) is 5.91 Å². The van der Waals surface area contributed by atoms with Gasteiger partial charge in [-0.2, -0.15) is 9.78 Å². The number of aromatic hydroxyl groups is 1. The number of aromatic nitrogens is 3. The van der Waals surface area contributed by atoms with Crippen molar-refractivity contribution in [1.29, 1.82) is 0 Å². The molecule has 2 amide bonds. The Morgan fingerprint density at radius 2 is 1.88 bits per heavy atom. The molecule has 170 valence electrons. The molecule has 0 unspecified atom stereocenters. The van der Waals surface area contributed by atoms with Gasteiger partial charge in [0, 0.05) is 29.4 Å². The average molecular weight is 466 g/mol. The Morgan fingerprint density at radius 1 is 1.09 bits per heavy atom. The zero-order valence-corrected chi connectivity index (χ0v) is 18.7. The monoisotopic (exact) mass is 465 g/mol. The van der Waals surface area contributed by atoms with E-state index < -0.39 is 5.91 Å². The third-order valence-corrected chi connectivity index (χ3v) is 6.44. The van der Waals surface area contributed by atoms with Crippen molar-refractivity contribution in [3.05, 3.63) is 59.0 Å². The Kier molecular flexibility index (Phi) is 5.76. The predicted octanol–water partition coefficient (Wildman–Crippen LogP) is 4.93. The Morgan fingerprint density at radius 3 is 2.61 bits per heavy atom. The van der Waals surface area contributed by atoms with Crippen molar-refractivity contribution >= 4 is 29.2 Å². The van der Waals surface area contributed by atoms with Crippen molar-refractivity contribution in [1.82, 2.24) is 20.1 Å². The maximum atomic E-state index is 12.9. The van der Waals surface area contributed by atoms with Crippen LogP contribution in [-0.4, -0.2) is 37.9 Å². The van der Waals surface area contributed by atoms with Gasteiger partial charge in [-0.05, 0) is 62.1 Å². The van der Waals surface area contributed by atoms with Crippen LogP contribution in [0.3, 0.4) is 0 Å². The number of phenols is 1. The SMILES string of the molecule is O=C(Nc1ccc(O)c(-c2cc(C3CCCC3)n(C(=O)NC3CC3)n2)c1)c1cccnc1Cl. The van der Waals surface area contributed by atoms with Gasteiger partial charge in [-0.1, -0.05) is 24.4 Å². The maximum absolute atomic E-state index is 12.9. The summed E-state index contributed by atoms with van der Waals surface area (Å²) in [6.45, 7) is 0. The van der Waals surface area contributed by atoms with Gasteiger partial charge >= 0.3 is 6.03 Å². The van der Waals surface area contributed by atoms with E-state index in [1.54, 1.807) is 24.3 Å². The molecule has 0 atom stereocenters. The number of phenolic OH excluding ortho intramolecular Hbond substituents is 1. The molecule has 0 bridgehead atoms. The van der Waals surface area contributed by atoms with Crippen LogP contribution in [0, 0.1) is 0 Å². The van der Waals surface area contributed by atoms with Crippen LogP contribution in [0.2, 0.25) is 5.15 Å². The van der Waals surface area contributed by atoms with Crippen LogP contribution in [0.1, 0.15) is 60.5 Å². The van der Waals surface area contributed by atoms with E-state index in [0.29, 0.717) is 16.9 Å². The maximum Gasteiger partial charge on any atom is 0.342 e. The molecule has 2 aromatic heterocycles. The summed E-state index contributed by atoms with van der Waals surface area (Å²) in [6.07, 6.45) is 7.75. The minimum atomic E-state index is -0.411. The predicted molar refractivity (Wildman–Crippen MR) is 125 cm³/mol. The molecule has 33 heavy (non-hydrogen) atoms. The summed E-state index contributed by atoms with van der Waals surface area (Å²) in [5.74, 6) is -0.141. The van der Waals surface area contributed by atoms with Gasteiger partial charge in [0.15, 0.2) is 0 Å². The molecule has 0 radical (unpaired) electrons. The molecular formula is C24H24ClN5O3. The molecule has 0 saturated heterocycles. The third kappa shape index (κ3) is 4.57. The highest BCUT2D eigenvalue weighted by molar-refractivity contribution is 6.33. The van der Waals surface area contributed by atoms with Crippen LogP contribution < -0.4 is 10.6 Å². The number of pyridine rings is 1. The molecule has 0 aliphatic heterocycles. The van der Waals surface area contributed by atoms with Gasteiger partial charge in [-0.25, -0.2) is 9.78 Å². The topological polar surface area (TPSA) is 109 Å². The van der Waals surface area contributed by atoms with Crippen LogP contribution in [0.15, 0.2) is 42.6 Å². The first-order valence-corrected chi connectivity index (χ1v) is 11.5. The summed E-state index contributed by atoms with van der Waals surface area (Å²) in [5, 5.41) is 21.0. The number of rotatable bonds is 5. The van der Waals surface area contributed by atoms with Gasteiger partial charge in [-0.3, -0.25) is 4.79 Å². The summed E-state index contributed by atoms with van der Waals surface area (Å²) in [4.78, 5) is 29.4. The lowest BCUT2D eigenvalue weighted by Crippen LogP contribution is -2.32. The Bertz CT molecular complexity index is 1210. The standard InChI is InChI=1S/C24H24ClN5O3/c25-22-17(6-3-11-26-22)23(32)27-16-9-10-21(31)18(12-16)19-13-20(14-4-1-2-5-14)30(29-19)24(33)28-15-7-8-15/h3,6,9-15,31H,1-2,4-5,7-8H2,(H,27,32)(H,28,33). The molecule has 1 aromatic carbocycles. The molecule has 3 N–H and O–H groups in total. The van der Waals surface area contributed by atoms with Crippen molar-refractivity contribution < 1.29 is 14.7 Å². The first-order chi connectivity index (χ1) is 16.0. The molecular weight excluding hydrogens is 442 g/mol. The molecule has 9 heteroatoms. The van der Waals surface area contributed by atoms with Crippen LogP contribution in [0.4, 0.5) is 10.5 Å². The first-order valence-electron chi connectivity index (χ1n) is 11.2. The number of nitrogens with one attached hydrogen (secondary N) is 2. The van der Waals surface area contributed by atoms with Gasteiger partial charge in [0.1, 0.15) is 10.9 Å². The van der Waals surface area contributed by atoms with E-state index in [4.69, 9.17) is 11.6 Å². The number of nitrogens with zero attached hydrogens (tertiary/aromatic N) is 3. The van der Waals surface area contributed by atoms with Crippen molar-refractivity contribution in [2.75, 3.05) is 5.32 Å². The fraction of sp³-hybridized carbons (Fsp3) is 0.333. The molecule has 2 aliphatic carbocycles. The fourth-order valence-electron chi connectivity index (χ4n) is 4.24. The van der Waals surface area contributed by atoms with E-state index in [2.05, 4.69) is 20.7 Å². The summed E-state index contributed by atoms with van der Waals surface area (Å²) < 4.78 is 1.45. The average Bonchev–Trinajstić information content (AvgIpc) is 3.26. The molecule has 2 aliphatic rings. The zero-order chi connectivity index (χ0) is 22.9. The Balaban J connectivity index is 1.46. The van der Waals surface area contributed by atoms with E-state index >= 15 is 0 Å². The van der Waals surface area contributed by atoms with Crippen molar-refractivity contribution in [2.24, 2.45) is 0 Å². The number of hydrogen-bond acceptors (Lipinski definition) is 5. The highest BCUT2D eigenvalue weighted by atomic mass is 35.5. The number of carbonyl (C=O) groups is 2. The van der Waals surface area contributed by atoms with Gasteiger partial charge < -0.3 is 15.7 Å². The second-order valence-corrected chi connectivity index (χ2v) is 8.96. The summed E-state index contributed by atoms with van der Waals surface area (Å²) in [6, 6.07) is 9.80. The smallest absolute Gasteiger partial charge is 0.342 e. The van der Waals surface area contributed by atoms with Crippen molar-refractivity contribution in [3.8, 4) is 17.0 Å². The lowest BCUT2D eigenvalue weighted by Gasteiger charge is -2.11.